The van der Waals surface area contributed by atoms with Crippen molar-refractivity contribution in [3.8, 4) is 0 Å². The Morgan fingerprint density at radius 1 is 1.40 bits per heavy atom. The molecule has 1 atom stereocenters. The fourth-order valence-electron chi connectivity index (χ4n) is 2.26. The van der Waals surface area contributed by atoms with Crippen LogP contribution in [0.5, 0.6) is 0 Å². The highest BCUT2D eigenvalue weighted by atomic mass is 79.9. The summed E-state index contributed by atoms with van der Waals surface area (Å²) < 4.78 is 0. The molecule has 0 heterocycles. The van der Waals surface area contributed by atoms with E-state index in [1.807, 2.05) is 0 Å². The predicted molar refractivity (Wildman–Crippen MR) is 66.6 cm³/mol. The van der Waals surface area contributed by atoms with Crippen molar-refractivity contribution < 1.29 is 9.90 Å². The van der Waals surface area contributed by atoms with Gasteiger partial charge in [-0.3, -0.25) is 0 Å². The molecule has 0 aliphatic rings. The minimum absolute atomic E-state index is 0.104. The number of hydrogen-bond donors (Lipinski definition) is 2. The maximum atomic E-state index is 10.9. The Kier molecular flexibility index (Phi) is 5.10. The van der Waals surface area contributed by atoms with Crippen molar-refractivity contribution in [3.63, 3.8) is 0 Å². The Bertz CT molecular complexity index is 223. The number of carboxylic acid groups (broad SMARTS) is 1. The van der Waals surface area contributed by atoms with E-state index in [-0.39, 0.29) is 16.9 Å². The van der Waals surface area contributed by atoms with Gasteiger partial charge in [0.1, 0.15) is 0 Å². The van der Waals surface area contributed by atoms with Gasteiger partial charge in [0.25, 0.3) is 0 Å². The second-order valence-electron chi connectivity index (χ2n) is 5.25. The van der Waals surface area contributed by atoms with E-state index in [9.17, 15) is 4.79 Å². The molecular formula is C11H22BrNO2. The lowest BCUT2D eigenvalue weighted by Crippen LogP contribution is -2.60. The summed E-state index contributed by atoms with van der Waals surface area (Å²) in [6.07, 6.45) is -0.153. The Labute approximate surface area is 101 Å². The zero-order valence-electron chi connectivity index (χ0n) is 10.2. The number of alkyl halides is 1. The molecule has 0 fully saturated rings. The van der Waals surface area contributed by atoms with Gasteiger partial charge >= 0.3 is 6.09 Å². The van der Waals surface area contributed by atoms with Gasteiger partial charge in [-0.05, 0) is 17.8 Å². The van der Waals surface area contributed by atoms with E-state index in [1.54, 1.807) is 0 Å². The molecule has 0 saturated heterocycles. The van der Waals surface area contributed by atoms with Crippen molar-refractivity contribution >= 4 is 22.0 Å². The second kappa shape index (κ2) is 5.19. The third-order valence-corrected chi connectivity index (χ3v) is 3.54. The first kappa shape index (κ1) is 14.8. The Morgan fingerprint density at radius 2 is 1.87 bits per heavy atom. The second-order valence-corrected chi connectivity index (χ2v) is 6.04. The molecule has 0 bridgehead atoms. The van der Waals surface area contributed by atoms with Gasteiger partial charge < -0.3 is 10.4 Å². The van der Waals surface area contributed by atoms with E-state index in [4.69, 9.17) is 5.11 Å². The maximum absolute atomic E-state index is 10.9. The predicted octanol–water partition coefficient (Wildman–Crippen LogP) is 3.48. The summed E-state index contributed by atoms with van der Waals surface area (Å²) in [5.74, 6) is 0.256. The van der Waals surface area contributed by atoms with Crippen LogP contribution < -0.4 is 5.32 Å². The molecule has 0 spiro atoms. The number of rotatable bonds is 4. The number of nitrogens with one attached hydrogen (secondary N) is 1. The van der Waals surface area contributed by atoms with Crippen LogP contribution in [0.3, 0.4) is 0 Å². The number of amides is 1. The Balaban J connectivity index is 5.17. The lowest BCUT2D eigenvalue weighted by Gasteiger charge is -2.48. The molecule has 1 amide bonds. The smallest absolute Gasteiger partial charge is 0.405 e. The summed E-state index contributed by atoms with van der Waals surface area (Å²) in [5.41, 5.74) is -0.490. The Hall–Kier alpha value is -0.250. The molecule has 0 aromatic heterocycles. The SMILES string of the molecule is CC(C)[C@@](CCBr)(NC(=O)O)C(C)(C)C. The summed E-state index contributed by atoms with van der Waals surface area (Å²) in [7, 11) is 0. The number of carbonyl (C=O) groups is 1. The molecule has 0 unspecified atom stereocenters. The third kappa shape index (κ3) is 3.37. The van der Waals surface area contributed by atoms with Crippen molar-refractivity contribution in [1.82, 2.24) is 5.32 Å². The molecule has 0 rings (SSSR count). The first-order chi connectivity index (χ1) is 6.67. The zero-order valence-corrected chi connectivity index (χ0v) is 11.8. The van der Waals surface area contributed by atoms with Gasteiger partial charge in [-0.15, -0.1) is 0 Å². The van der Waals surface area contributed by atoms with Gasteiger partial charge in [0, 0.05) is 5.33 Å². The van der Waals surface area contributed by atoms with Crippen molar-refractivity contribution in [2.45, 2.75) is 46.6 Å². The van der Waals surface area contributed by atoms with Gasteiger partial charge in [-0.1, -0.05) is 50.5 Å². The molecule has 2 N–H and O–H groups in total. The number of hydrogen-bond acceptors (Lipinski definition) is 1. The standard InChI is InChI=1S/C11H22BrNO2/c1-8(2)11(6-7-12,10(3,4)5)13-9(14)15/h8,13H,6-7H2,1-5H3,(H,14,15)/t11-/m1/s1. The van der Waals surface area contributed by atoms with Gasteiger partial charge in [-0.25, -0.2) is 4.79 Å². The zero-order chi connectivity index (χ0) is 12.3. The number of halogens is 1. The monoisotopic (exact) mass is 279 g/mol. The molecule has 0 aliphatic heterocycles. The van der Waals surface area contributed by atoms with Crippen LogP contribution in [0, 0.1) is 11.3 Å². The summed E-state index contributed by atoms with van der Waals surface area (Å²) in [6.45, 7) is 10.3. The van der Waals surface area contributed by atoms with E-state index >= 15 is 0 Å². The van der Waals surface area contributed by atoms with E-state index in [1.165, 1.54) is 0 Å². The minimum Gasteiger partial charge on any atom is -0.465 e. The fourth-order valence-corrected chi connectivity index (χ4v) is 2.89. The summed E-state index contributed by atoms with van der Waals surface area (Å²) >= 11 is 3.40. The van der Waals surface area contributed by atoms with Crippen LogP contribution in [0.15, 0.2) is 0 Å². The van der Waals surface area contributed by atoms with Gasteiger partial charge in [0.15, 0.2) is 0 Å². The van der Waals surface area contributed by atoms with Gasteiger partial charge in [0.2, 0.25) is 0 Å². The minimum atomic E-state index is -0.945. The fraction of sp³-hybridized carbons (Fsp3) is 0.909. The van der Waals surface area contributed by atoms with Gasteiger partial charge in [-0.2, -0.15) is 0 Å². The largest absolute Gasteiger partial charge is 0.465 e. The van der Waals surface area contributed by atoms with Crippen molar-refractivity contribution in [3.05, 3.63) is 0 Å². The van der Waals surface area contributed by atoms with Crippen molar-refractivity contribution in [2.75, 3.05) is 5.33 Å². The normalized spacial score (nSPS) is 16.2. The van der Waals surface area contributed by atoms with Gasteiger partial charge in [0.05, 0.1) is 5.54 Å². The van der Waals surface area contributed by atoms with Crippen LogP contribution in [0.1, 0.15) is 41.0 Å². The van der Waals surface area contributed by atoms with Crippen LogP contribution in [-0.2, 0) is 0 Å². The molecule has 0 aromatic rings. The average molecular weight is 280 g/mol. The van der Waals surface area contributed by atoms with Crippen LogP contribution in [0.25, 0.3) is 0 Å². The lowest BCUT2D eigenvalue weighted by molar-refractivity contribution is 0.0757. The topological polar surface area (TPSA) is 49.3 Å². The maximum Gasteiger partial charge on any atom is 0.405 e. The van der Waals surface area contributed by atoms with Crippen molar-refractivity contribution in [2.24, 2.45) is 11.3 Å². The van der Waals surface area contributed by atoms with E-state index in [2.05, 4.69) is 55.9 Å². The first-order valence-corrected chi connectivity index (χ1v) is 6.36. The molecule has 90 valence electrons. The van der Waals surface area contributed by atoms with E-state index in [0.29, 0.717) is 0 Å². The first-order valence-electron chi connectivity index (χ1n) is 5.24. The Morgan fingerprint density at radius 3 is 2.07 bits per heavy atom. The highest BCUT2D eigenvalue weighted by molar-refractivity contribution is 9.09. The average Bonchev–Trinajstić information content (AvgIpc) is 1.99. The van der Waals surface area contributed by atoms with E-state index < -0.39 is 6.09 Å². The van der Waals surface area contributed by atoms with E-state index in [0.717, 1.165) is 11.8 Å². The molecule has 0 radical (unpaired) electrons. The lowest BCUT2D eigenvalue weighted by atomic mass is 9.65. The molecule has 4 heteroatoms. The molecule has 0 aromatic carbocycles. The molecule has 0 saturated carbocycles. The summed E-state index contributed by atoms with van der Waals surface area (Å²) in [4.78, 5) is 10.9. The highest BCUT2D eigenvalue weighted by Gasteiger charge is 2.45. The highest BCUT2D eigenvalue weighted by Crippen LogP contribution is 2.39. The molecule has 15 heavy (non-hydrogen) atoms. The molecule has 0 aliphatic carbocycles. The van der Waals surface area contributed by atoms with Crippen LogP contribution in [0.2, 0.25) is 0 Å². The quantitative estimate of drug-likeness (QED) is 0.774. The molecule has 3 nitrogen and oxygen atoms in total. The van der Waals surface area contributed by atoms with Crippen LogP contribution in [0.4, 0.5) is 4.79 Å². The van der Waals surface area contributed by atoms with Crippen LogP contribution >= 0.6 is 15.9 Å². The van der Waals surface area contributed by atoms with Crippen LogP contribution in [-0.4, -0.2) is 22.1 Å². The summed E-state index contributed by atoms with van der Waals surface area (Å²) in [6, 6.07) is 0. The summed E-state index contributed by atoms with van der Waals surface area (Å²) in [5, 5.41) is 12.5. The third-order valence-electron chi connectivity index (χ3n) is 3.14. The molecular weight excluding hydrogens is 258 g/mol. The van der Waals surface area contributed by atoms with Crippen molar-refractivity contribution in [1.29, 1.82) is 0 Å².